The number of amides is 1. The van der Waals surface area contributed by atoms with Gasteiger partial charge in [-0.2, -0.15) is 0 Å². The van der Waals surface area contributed by atoms with E-state index >= 15 is 0 Å². The van der Waals surface area contributed by atoms with Gasteiger partial charge < -0.3 is 9.47 Å². The highest BCUT2D eigenvalue weighted by molar-refractivity contribution is 7.89. The predicted octanol–water partition coefficient (Wildman–Crippen LogP) is 4.64. The Morgan fingerprint density at radius 1 is 1.11 bits per heavy atom. The third kappa shape index (κ3) is 8.61. The molecule has 1 saturated heterocycles. The number of β-lactam (4-membered cyclic amide) rings is 1. The van der Waals surface area contributed by atoms with Gasteiger partial charge in [0.25, 0.3) is 0 Å². The Kier molecular flexibility index (Phi) is 11.2. The van der Waals surface area contributed by atoms with E-state index in [1.807, 2.05) is 19.1 Å². The maximum atomic E-state index is 13.0. The van der Waals surface area contributed by atoms with Crippen LogP contribution in [0.3, 0.4) is 0 Å². The summed E-state index contributed by atoms with van der Waals surface area (Å²) in [5.41, 5.74) is 2.72. The largest absolute Gasteiger partial charge is 0.466 e. The lowest BCUT2D eigenvalue weighted by molar-refractivity contribution is -0.150. The van der Waals surface area contributed by atoms with Crippen LogP contribution >= 0.6 is 0 Å². The fourth-order valence-electron chi connectivity index (χ4n) is 4.68. The van der Waals surface area contributed by atoms with Crippen LogP contribution in [-0.4, -0.2) is 51.5 Å². The number of ether oxygens (including phenoxy) is 2. The van der Waals surface area contributed by atoms with Gasteiger partial charge >= 0.3 is 5.97 Å². The number of methoxy groups -OCH3 is 2. The van der Waals surface area contributed by atoms with Gasteiger partial charge in [0.05, 0.1) is 31.4 Å². The average Bonchev–Trinajstić information content (AvgIpc) is 2.78. The van der Waals surface area contributed by atoms with E-state index in [4.69, 9.17) is 4.74 Å². The highest BCUT2D eigenvalue weighted by Crippen LogP contribution is 2.35. The lowest BCUT2D eigenvalue weighted by Gasteiger charge is -2.45. The summed E-state index contributed by atoms with van der Waals surface area (Å²) >= 11 is 0. The molecule has 8 heteroatoms. The van der Waals surface area contributed by atoms with Crippen LogP contribution in [0.4, 0.5) is 0 Å². The standard InChI is InChI=1S/C27H39NO6S/c1-20(15-21(2)16-22(3)17-26(29)34-5)11-9-10-14-25-24(18-33-4)27(30)28(25)35(31,32)19-23-12-7-6-8-13-23/h6-8,12-13,16-17,20,24-25H,9-11,14-15,18-19H2,1-5H3/t20-,24+,25-/m1/s1. The second kappa shape index (κ2) is 13.6. The van der Waals surface area contributed by atoms with Gasteiger partial charge in [0, 0.05) is 13.2 Å². The second-order valence-electron chi connectivity index (χ2n) is 9.50. The molecule has 0 N–H and O–H groups in total. The highest BCUT2D eigenvalue weighted by Gasteiger charge is 2.52. The first-order valence-electron chi connectivity index (χ1n) is 12.1. The molecule has 2 rings (SSSR count). The zero-order chi connectivity index (χ0) is 26.0. The number of hydrogen-bond donors (Lipinski definition) is 0. The second-order valence-corrected chi connectivity index (χ2v) is 11.3. The quantitative estimate of drug-likeness (QED) is 0.120. The molecule has 0 unspecified atom stereocenters. The van der Waals surface area contributed by atoms with Crippen LogP contribution in [0.2, 0.25) is 0 Å². The summed E-state index contributed by atoms with van der Waals surface area (Å²) in [6.07, 6.45) is 7.80. The van der Waals surface area contributed by atoms with E-state index in [1.54, 1.807) is 24.3 Å². The Balaban J connectivity index is 1.90. The topological polar surface area (TPSA) is 90.0 Å². The summed E-state index contributed by atoms with van der Waals surface area (Å²) in [6, 6.07) is 8.59. The van der Waals surface area contributed by atoms with Crippen LogP contribution in [0, 0.1) is 11.8 Å². The molecular weight excluding hydrogens is 466 g/mol. The minimum Gasteiger partial charge on any atom is -0.466 e. The molecule has 1 heterocycles. The van der Waals surface area contributed by atoms with Gasteiger partial charge in [-0.15, -0.1) is 0 Å². The van der Waals surface area contributed by atoms with Crippen molar-refractivity contribution in [3.63, 3.8) is 0 Å². The number of benzene rings is 1. The Hall–Kier alpha value is -2.45. The average molecular weight is 506 g/mol. The lowest BCUT2D eigenvalue weighted by Crippen LogP contribution is -2.64. The highest BCUT2D eigenvalue weighted by atomic mass is 32.2. The number of allylic oxidation sites excluding steroid dienone is 3. The number of sulfonamides is 1. The number of carbonyl (C=O) groups excluding carboxylic acids is 2. The molecule has 0 spiro atoms. The van der Waals surface area contributed by atoms with E-state index in [0.717, 1.165) is 35.6 Å². The summed E-state index contributed by atoms with van der Waals surface area (Å²) in [7, 11) is -0.842. The van der Waals surface area contributed by atoms with Crippen molar-refractivity contribution < 1.29 is 27.5 Å². The van der Waals surface area contributed by atoms with Gasteiger partial charge in [0.1, 0.15) is 0 Å². The smallest absolute Gasteiger partial charge is 0.330 e. The Morgan fingerprint density at radius 2 is 1.80 bits per heavy atom. The van der Waals surface area contributed by atoms with Crippen molar-refractivity contribution in [2.24, 2.45) is 11.8 Å². The molecule has 0 aromatic heterocycles. The molecule has 194 valence electrons. The molecule has 3 atom stereocenters. The van der Waals surface area contributed by atoms with Crippen molar-refractivity contribution in [3.05, 3.63) is 59.2 Å². The summed E-state index contributed by atoms with van der Waals surface area (Å²) in [6.45, 7) is 6.35. The molecule has 1 fully saturated rings. The van der Waals surface area contributed by atoms with Crippen molar-refractivity contribution >= 4 is 21.9 Å². The van der Waals surface area contributed by atoms with Gasteiger partial charge in [-0.05, 0) is 43.7 Å². The number of carbonyl (C=O) groups is 2. The van der Waals surface area contributed by atoms with Crippen molar-refractivity contribution in [1.82, 2.24) is 4.31 Å². The number of esters is 1. The van der Waals surface area contributed by atoms with Crippen LogP contribution < -0.4 is 0 Å². The van der Waals surface area contributed by atoms with Gasteiger partial charge in [0.15, 0.2) is 0 Å². The van der Waals surface area contributed by atoms with Crippen molar-refractivity contribution in [2.45, 2.75) is 64.7 Å². The molecule has 1 aromatic carbocycles. The summed E-state index contributed by atoms with van der Waals surface area (Å²) < 4.78 is 37.0. The summed E-state index contributed by atoms with van der Waals surface area (Å²) in [5, 5.41) is 0. The molecule has 1 aromatic rings. The fourth-order valence-corrected chi connectivity index (χ4v) is 6.51. The first-order chi connectivity index (χ1) is 16.6. The number of hydrogen-bond acceptors (Lipinski definition) is 6. The maximum Gasteiger partial charge on any atom is 0.330 e. The molecule has 0 bridgehead atoms. The molecule has 35 heavy (non-hydrogen) atoms. The Morgan fingerprint density at radius 3 is 2.43 bits per heavy atom. The number of unbranched alkanes of at least 4 members (excludes halogenated alkanes) is 1. The third-order valence-corrected chi connectivity index (χ3v) is 8.02. The number of nitrogens with zero attached hydrogens (tertiary/aromatic N) is 1. The molecule has 1 amide bonds. The van der Waals surface area contributed by atoms with E-state index in [9.17, 15) is 18.0 Å². The Labute approximate surface area is 210 Å². The van der Waals surface area contributed by atoms with Crippen LogP contribution in [0.5, 0.6) is 0 Å². The first kappa shape index (κ1) is 28.8. The lowest BCUT2D eigenvalue weighted by atomic mass is 9.86. The van der Waals surface area contributed by atoms with E-state index in [2.05, 4.69) is 18.6 Å². The van der Waals surface area contributed by atoms with Crippen LogP contribution in [0.25, 0.3) is 0 Å². The molecular formula is C27H39NO6S. The van der Waals surface area contributed by atoms with Crippen LogP contribution in [0.15, 0.2) is 53.6 Å². The van der Waals surface area contributed by atoms with Gasteiger partial charge in [-0.25, -0.2) is 17.5 Å². The van der Waals surface area contributed by atoms with E-state index in [1.165, 1.54) is 25.9 Å². The zero-order valence-corrected chi connectivity index (χ0v) is 22.3. The van der Waals surface area contributed by atoms with Gasteiger partial charge in [-0.1, -0.05) is 68.2 Å². The Bertz CT molecular complexity index is 1020. The fraction of sp³-hybridized carbons (Fsp3) is 0.556. The summed E-state index contributed by atoms with van der Waals surface area (Å²) in [5.74, 6) is -0.856. The van der Waals surface area contributed by atoms with Crippen molar-refractivity contribution in [1.29, 1.82) is 0 Å². The van der Waals surface area contributed by atoms with Gasteiger partial charge in [-0.3, -0.25) is 4.79 Å². The molecule has 1 aliphatic rings. The van der Waals surface area contributed by atoms with Crippen LogP contribution in [0.1, 0.15) is 58.4 Å². The van der Waals surface area contributed by atoms with Crippen molar-refractivity contribution in [2.75, 3.05) is 20.8 Å². The van der Waals surface area contributed by atoms with Crippen molar-refractivity contribution in [3.8, 4) is 0 Å². The number of rotatable bonds is 14. The first-order valence-corrected chi connectivity index (χ1v) is 13.7. The van der Waals surface area contributed by atoms with E-state index in [-0.39, 0.29) is 30.3 Å². The third-order valence-electron chi connectivity index (χ3n) is 6.28. The molecule has 1 aliphatic heterocycles. The van der Waals surface area contributed by atoms with Crippen LogP contribution in [-0.2, 0) is 34.8 Å². The molecule has 0 aliphatic carbocycles. The minimum absolute atomic E-state index is 0.178. The summed E-state index contributed by atoms with van der Waals surface area (Å²) in [4.78, 5) is 24.0. The van der Waals surface area contributed by atoms with E-state index in [0.29, 0.717) is 17.9 Å². The molecule has 0 saturated carbocycles. The molecule has 7 nitrogen and oxygen atoms in total. The minimum atomic E-state index is -3.74. The van der Waals surface area contributed by atoms with E-state index < -0.39 is 15.9 Å². The van der Waals surface area contributed by atoms with Gasteiger partial charge in [0.2, 0.25) is 15.9 Å². The monoisotopic (exact) mass is 505 g/mol. The maximum absolute atomic E-state index is 13.0. The molecule has 0 radical (unpaired) electrons. The predicted molar refractivity (Wildman–Crippen MR) is 137 cm³/mol. The SMILES string of the molecule is COC[C@@H]1C(=O)N(S(=O)(=O)Cc2ccccc2)[C@@H]1CCCC[C@@H](C)CC(C)=CC(C)=CC(=O)OC. The zero-order valence-electron chi connectivity index (χ0n) is 21.5. The normalized spacial score (nSPS) is 19.9.